The second kappa shape index (κ2) is 6.92. The summed E-state index contributed by atoms with van der Waals surface area (Å²) in [6.07, 6.45) is 0.129. The number of hydrogen-bond donors (Lipinski definition) is 2. The zero-order valence-corrected chi connectivity index (χ0v) is 15.5. The molecule has 0 saturated heterocycles. The lowest BCUT2D eigenvalue weighted by Gasteiger charge is -2.20. The maximum absolute atomic E-state index is 11.9. The lowest BCUT2D eigenvalue weighted by atomic mass is 10.1. The number of rotatable bonds is 5. The Balaban J connectivity index is 2.30. The molecule has 2 aromatic heterocycles. The first-order valence-corrected chi connectivity index (χ1v) is 8.78. The molecular formula is C19H24N4O3. The van der Waals surface area contributed by atoms with Crippen molar-refractivity contribution in [2.24, 2.45) is 0 Å². The molecule has 0 aliphatic rings. The van der Waals surface area contributed by atoms with E-state index in [-0.39, 0.29) is 6.61 Å². The number of carbonyl (C=O) groups is 1. The van der Waals surface area contributed by atoms with Gasteiger partial charge in [-0.1, -0.05) is 25.1 Å². The van der Waals surface area contributed by atoms with Gasteiger partial charge in [0.05, 0.1) is 29.8 Å². The van der Waals surface area contributed by atoms with Crippen LogP contribution < -0.4 is 5.32 Å². The summed E-state index contributed by atoms with van der Waals surface area (Å²) in [6, 6.07) is 7.70. The number of anilines is 1. The van der Waals surface area contributed by atoms with E-state index in [1.807, 2.05) is 35.8 Å². The number of aromatic nitrogens is 3. The van der Waals surface area contributed by atoms with Crippen LogP contribution in [0, 0.1) is 0 Å². The number of nitrogens with one attached hydrogen (secondary N) is 1. The summed E-state index contributed by atoms with van der Waals surface area (Å²) in [4.78, 5) is 21.2. The Morgan fingerprint density at radius 1 is 1.27 bits per heavy atom. The van der Waals surface area contributed by atoms with Crippen molar-refractivity contribution in [3.63, 3.8) is 0 Å². The predicted octanol–water partition coefficient (Wildman–Crippen LogP) is 3.49. The lowest BCUT2D eigenvalue weighted by Crippen LogP contribution is -2.27. The number of fused-ring (bicyclic) bond motifs is 3. The van der Waals surface area contributed by atoms with E-state index in [1.54, 1.807) is 20.8 Å². The molecule has 3 aromatic rings. The molecule has 0 fully saturated rings. The zero-order chi connectivity index (χ0) is 18.9. The Hall–Kier alpha value is -2.67. The second-order valence-electron chi connectivity index (χ2n) is 6.80. The van der Waals surface area contributed by atoms with Crippen molar-refractivity contribution in [1.29, 1.82) is 0 Å². The van der Waals surface area contributed by atoms with Crippen LogP contribution in [0.5, 0.6) is 0 Å². The van der Waals surface area contributed by atoms with Crippen molar-refractivity contribution < 1.29 is 14.6 Å². The standard InChI is InChI=1S/C19H24N4O3/c1-5-14-21-15-16(23(14)11-19(3,4)25)12-9-7-8-10-13(12)20-17(15)22-18(24)26-6-2/h7-10,25H,5-6,11H2,1-4H3,(H,20,22,24). The van der Waals surface area contributed by atoms with Gasteiger partial charge in [0, 0.05) is 11.8 Å². The molecule has 1 amide bonds. The number of imidazole rings is 1. The van der Waals surface area contributed by atoms with Crippen LogP contribution in [0.3, 0.4) is 0 Å². The van der Waals surface area contributed by atoms with Crippen molar-refractivity contribution in [2.75, 3.05) is 11.9 Å². The van der Waals surface area contributed by atoms with E-state index in [0.29, 0.717) is 24.3 Å². The van der Waals surface area contributed by atoms with Crippen LogP contribution in [0.2, 0.25) is 0 Å². The molecule has 7 heteroatoms. The molecule has 0 aliphatic carbocycles. The first kappa shape index (κ1) is 18.1. The van der Waals surface area contributed by atoms with Gasteiger partial charge in [0.1, 0.15) is 11.3 Å². The maximum atomic E-state index is 11.9. The normalized spacial score (nSPS) is 11.9. The van der Waals surface area contributed by atoms with Crippen LogP contribution in [-0.4, -0.2) is 37.9 Å². The Kier molecular flexibility index (Phi) is 4.82. The van der Waals surface area contributed by atoms with Gasteiger partial charge in [-0.15, -0.1) is 0 Å². The van der Waals surface area contributed by atoms with Gasteiger partial charge in [-0.3, -0.25) is 5.32 Å². The Morgan fingerprint density at radius 2 is 2.00 bits per heavy atom. The van der Waals surface area contributed by atoms with Crippen molar-refractivity contribution in [3.05, 3.63) is 30.1 Å². The summed E-state index contributed by atoms with van der Waals surface area (Å²) >= 11 is 0. The Morgan fingerprint density at radius 3 is 2.65 bits per heavy atom. The predicted molar refractivity (Wildman–Crippen MR) is 101 cm³/mol. The fraction of sp³-hybridized carbons (Fsp3) is 0.421. The summed E-state index contributed by atoms with van der Waals surface area (Å²) in [5, 5.41) is 14.0. The van der Waals surface area contributed by atoms with E-state index in [9.17, 15) is 9.90 Å². The van der Waals surface area contributed by atoms with Crippen LogP contribution in [0.25, 0.3) is 21.9 Å². The second-order valence-corrected chi connectivity index (χ2v) is 6.80. The molecule has 0 saturated carbocycles. The quantitative estimate of drug-likeness (QED) is 0.730. The number of aliphatic hydroxyl groups is 1. The number of amides is 1. The van der Waals surface area contributed by atoms with Gasteiger partial charge < -0.3 is 14.4 Å². The minimum Gasteiger partial charge on any atom is -0.450 e. The SMILES string of the molecule is CCOC(=O)Nc1nc2ccccc2c2c1nc(CC)n2CC(C)(C)O. The van der Waals surface area contributed by atoms with E-state index in [0.717, 1.165) is 22.2 Å². The first-order chi connectivity index (χ1) is 12.3. The third-order valence-electron chi connectivity index (χ3n) is 4.02. The Labute approximate surface area is 152 Å². The molecular weight excluding hydrogens is 332 g/mol. The fourth-order valence-corrected chi connectivity index (χ4v) is 3.06. The molecule has 0 unspecified atom stereocenters. The van der Waals surface area contributed by atoms with Crippen molar-refractivity contribution >= 4 is 33.8 Å². The lowest BCUT2D eigenvalue weighted by molar-refractivity contribution is 0.0619. The number of hydrogen-bond acceptors (Lipinski definition) is 5. The van der Waals surface area contributed by atoms with E-state index in [4.69, 9.17) is 9.72 Å². The van der Waals surface area contributed by atoms with Crippen molar-refractivity contribution in [3.8, 4) is 0 Å². The summed E-state index contributed by atoms with van der Waals surface area (Å²) in [5.41, 5.74) is 1.28. The van der Waals surface area contributed by atoms with Gasteiger partial charge in [0.15, 0.2) is 5.82 Å². The van der Waals surface area contributed by atoms with Crippen LogP contribution in [0.15, 0.2) is 24.3 Å². The Bertz CT molecular complexity index is 957. The number of carbonyl (C=O) groups excluding carboxylic acids is 1. The van der Waals surface area contributed by atoms with Crippen LogP contribution in [0.1, 0.15) is 33.5 Å². The monoisotopic (exact) mass is 356 g/mol. The van der Waals surface area contributed by atoms with Crippen LogP contribution >= 0.6 is 0 Å². The van der Waals surface area contributed by atoms with Crippen LogP contribution in [0.4, 0.5) is 10.6 Å². The highest BCUT2D eigenvalue weighted by atomic mass is 16.5. The van der Waals surface area contributed by atoms with Gasteiger partial charge in [-0.2, -0.15) is 0 Å². The van der Waals surface area contributed by atoms with Gasteiger partial charge in [-0.25, -0.2) is 14.8 Å². The average molecular weight is 356 g/mol. The average Bonchev–Trinajstić information content (AvgIpc) is 2.92. The van der Waals surface area contributed by atoms with Gasteiger partial charge in [0.25, 0.3) is 0 Å². The molecule has 0 bridgehead atoms. The molecule has 2 heterocycles. The van der Waals surface area contributed by atoms with Gasteiger partial charge in [-0.05, 0) is 26.8 Å². The molecule has 2 N–H and O–H groups in total. The summed E-state index contributed by atoms with van der Waals surface area (Å²) in [5.74, 6) is 1.19. The molecule has 0 spiro atoms. The number of benzene rings is 1. The minimum absolute atomic E-state index is 0.274. The van der Waals surface area contributed by atoms with E-state index < -0.39 is 11.7 Å². The summed E-state index contributed by atoms with van der Waals surface area (Å²) in [6.45, 7) is 7.95. The molecule has 3 rings (SSSR count). The molecule has 7 nitrogen and oxygen atoms in total. The molecule has 138 valence electrons. The molecule has 0 aliphatic heterocycles. The number of ether oxygens (including phenoxy) is 1. The van der Waals surface area contributed by atoms with E-state index in [2.05, 4.69) is 10.3 Å². The number of aryl methyl sites for hydroxylation is 1. The molecule has 26 heavy (non-hydrogen) atoms. The third kappa shape index (κ3) is 3.48. The van der Waals surface area contributed by atoms with E-state index in [1.165, 1.54) is 0 Å². The highest BCUT2D eigenvalue weighted by Gasteiger charge is 2.23. The minimum atomic E-state index is -0.906. The molecule has 0 atom stereocenters. The summed E-state index contributed by atoms with van der Waals surface area (Å²) in [7, 11) is 0. The smallest absolute Gasteiger partial charge is 0.412 e. The van der Waals surface area contributed by atoms with E-state index >= 15 is 0 Å². The third-order valence-corrected chi connectivity index (χ3v) is 4.02. The highest BCUT2D eigenvalue weighted by molar-refractivity contribution is 6.09. The highest BCUT2D eigenvalue weighted by Crippen LogP contribution is 2.31. The number of nitrogens with zero attached hydrogens (tertiary/aromatic N) is 3. The van der Waals surface area contributed by atoms with Crippen molar-refractivity contribution in [2.45, 2.75) is 46.3 Å². The van der Waals surface area contributed by atoms with Crippen molar-refractivity contribution in [1.82, 2.24) is 14.5 Å². The number of pyridine rings is 1. The number of para-hydroxylation sites is 1. The molecule has 1 aromatic carbocycles. The fourth-order valence-electron chi connectivity index (χ4n) is 3.06. The first-order valence-electron chi connectivity index (χ1n) is 8.78. The van der Waals surface area contributed by atoms with Gasteiger partial charge >= 0.3 is 6.09 Å². The summed E-state index contributed by atoms with van der Waals surface area (Å²) < 4.78 is 7.00. The topological polar surface area (TPSA) is 89.3 Å². The largest absolute Gasteiger partial charge is 0.450 e. The zero-order valence-electron chi connectivity index (χ0n) is 15.5. The molecule has 0 radical (unpaired) electrons. The van der Waals surface area contributed by atoms with Gasteiger partial charge in [0.2, 0.25) is 0 Å². The van der Waals surface area contributed by atoms with Crippen LogP contribution in [-0.2, 0) is 17.7 Å². The maximum Gasteiger partial charge on any atom is 0.412 e.